The van der Waals surface area contributed by atoms with E-state index in [0.29, 0.717) is 5.92 Å². The number of amides is 2. The van der Waals surface area contributed by atoms with Gasteiger partial charge in [-0.3, -0.25) is 14.5 Å². The Hall–Kier alpha value is -1.14. The lowest BCUT2D eigenvalue weighted by Gasteiger charge is -2.39. The van der Waals surface area contributed by atoms with Gasteiger partial charge in [-0.25, -0.2) is 4.99 Å². The number of hydrogen-bond acceptors (Lipinski definition) is 5. The molecular formula is C21H39IN6O3. The molecule has 0 aliphatic carbocycles. The minimum Gasteiger partial charge on any atom is -0.381 e. The smallest absolute Gasteiger partial charge is 0.243 e. The van der Waals surface area contributed by atoms with E-state index in [0.717, 1.165) is 84.2 Å². The van der Waals surface area contributed by atoms with Crippen molar-refractivity contribution in [2.45, 2.75) is 32.2 Å². The molecule has 10 heteroatoms. The predicted octanol–water partition coefficient (Wildman–Crippen LogP) is 0.303. The Morgan fingerprint density at radius 2 is 1.77 bits per heavy atom. The van der Waals surface area contributed by atoms with Crippen molar-refractivity contribution in [3.63, 3.8) is 0 Å². The quantitative estimate of drug-likeness (QED) is 0.291. The van der Waals surface area contributed by atoms with Crippen LogP contribution in [0.5, 0.6) is 0 Å². The summed E-state index contributed by atoms with van der Waals surface area (Å²) in [6, 6.07) is -0.0791. The van der Waals surface area contributed by atoms with Crippen molar-refractivity contribution in [1.82, 2.24) is 24.9 Å². The van der Waals surface area contributed by atoms with Crippen LogP contribution in [0.1, 0.15) is 26.2 Å². The summed E-state index contributed by atoms with van der Waals surface area (Å²) in [7, 11) is 3.50. The molecule has 0 aromatic rings. The third kappa shape index (κ3) is 7.45. The van der Waals surface area contributed by atoms with E-state index >= 15 is 0 Å². The molecule has 3 heterocycles. The van der Waals surface area contributed by atoms with E-state index in [1.54, 1.807) is 19.0 Å². The average molecular weight is 550 g/mol. The summed E-state index contributed by atoms with van der Waals surface area (Å²) < 4.78 is 5.47. The van der Waals surface area contributed by atoms with Crippen molar-refractivity contribution in [2.24, 2.45) is 10.9 Å². The van der Waals surface area contributed by atoms with Gasteiger partial charge in [-0.05, 0) is 26.2 Å². The van der Waals surface area contributed by atoms with Crippen LogP contribution in [0.15, 0.2) is 4.99 Å². The van der Waals surface area contributed by atoms with Gasteiger partial charge in [0.2, 0.25) is 11.8 Å². The van der Waals surface area contributed by atoms with Crippen molar-refractivity contribution in [3.05, 3.63) is 0 Å². The molecule has 2 unspecified atom stereocenters. The monoisotopic (exact) mass is 550 g/mol. The Balaban J connectivity index is 0.00000341. The number of rotatable bonds is 6. The molecule has 0 aromatic heterocycles. The van der Waals surface area contributed by atoms with E-state index in [4.69, 9.17) is 4.74 Å². The van der Waals surface area contributed by atoms with E-state index in [9.17, 15) is 9.59 Å². The number of aliphatic imine (C=N–C) groups is 1. The first-order valence-corrected chi connectivity index (χ1v) is 11.3. The standard InChI is InChI=1S/C21H38N6O3.HI/c1-17(20(29)26-7-4-5-8-26)25-9-11-27(12-10-25)21(23-15-19(28)24(2)3)22-14-18-6-13-30-16-18;/h17-18H,4-16H2,1-3H3,(H,22,23);1H. The van der Waals surface area contributed by atoms with Crippen molar-refractivity contribution in [3.8, 4) is 0 Å². The van der Waals surface area contributed by atoms with Gasteiger partial charge in [-0.1, -0.05) is 0 Å². The van der Waals surface area contributed by atoms with Gasteiger partial charge < -0.3 is 24.8 Å². The number of nitrogens with one attached hydrogen (secondary N) is 1. The molecular weight excluding hydrogens is 511 g/mol. The summed E-state index contributed by atoms with van der Waals surface area (Å²) in [5, 5.41) is 3.47. The number of piperazine rings is 1. The van der Waals surface area contributed by atoms with Gasteiger partial charge in [-0.2, -0.15) is 0 Å². The zero-order valence-electron chi connectivity index (χ0n) is 19.2. The Bertz CT molecular complexity index is 612. The maximum Gasteiger partial charge on any atom is 0.243 e. The molecule has 3 rings (SSSR count). The van der Waals surface area contributed by atoms with Crippen LogP contribution in [-0.4, -0.2) is 123 Å². The lowest BCUT2D eigenvalue weighted by atomic mass is 10.1. The fraction of sp³-hybridized carbons (Fsp3) is 0.857. The van der Waals surface area contributed by atoms with Crippen LogP contribution in [0, 0.1) is 5.92 Å². The van der Waals surface area contributed by atoms with Crippen LogP contribution in [-0.2, 0) is 14.3 Å². The molecule has 31 heavy (non-hydrogen) atoms. The first-order chi connectivity index (χ1) is 14.5. The van der Waals surface area contributed by atoms with Crippen LogP contribution in [0.4, 0.5) is 0 Å². The largest absolute Gasteiger partial charge is 0.381 e. The normalized spacial score (nSPS) is 23.5. The van der Waals surface area contributed by atoms with Crippen LogP contribution < -0.4 is 5.32 Å². The number of ether oxygens (including phenoxy) is 1. The third-order valence-corrected chi connectivity index (χ3v) is 6.37. The second-order valence-electron chi connectivity index (χ2n) is 8.77. The number of guanidine groups is 1. The maximum atomic E-state index is 12.7. The molecule has 0 radical (unpaired) electrons. The zero-order valence-corrected chi connectivity index (χ0v) is 21.5. The van der Waals surface area contributed by atoms with E-state index in [2.05, 4.69) is 20.1 Å². The Morgan fingerprint density at radius 3 is 2.35 bits per heavy atom. The molecule has 2 amide bonds. The highest BCUT2D eigenvalue weighted by Crippen LogP contribution is 2.15. The lowest BCUT2D eigenvalue weighted by Crippen LogP contribution is -2.57. The molecule has 2 atom stereocenters. The van der Waals surface area contributed by atoms with Crippen molar-refractivity contribution >= 4 is 41.8 Å². The highest BCUT2D eigenvalue weighted by atomic mass is 127. The molecule has 3 saturated heterocycles. The molecule has 0 bridgehead atoms. The Morgan fingerprint density at radius 1 is 1.10 bits per heavy atom. The van der Waals surface area contributed by atoms with Crippen molar-refractivity contribution in [1.29, 1.82) is 0 Å². The minimum atomic E-state index is -0.0791. The molecule has 0 saturated carbocycles. The first-order valence-electron chi connectivity index (χ1n) is 11.3. The number of likely N-dealkylation sites (tertiary alicyclic amines) is 1. The highest BCUT2D eigenvalue weighted by Gasteiger charge is 2.30. The number of likely N-dealkylation sites (N-methyl/N-ethyl adjacent to an activating group) is 1. The van der Waals surface area contributed by atoms with Gasteiger partial charge in [0.15, 0.2) is 5.96 Å². The van der Waals surface area contributed by atoms with Crippen LogP contribution in [0.25, 0.3) is 0 Å². The van der Waals surface area contributed by atoms with E-state index in [-0.39, 0.29) is 48.4 Å². The maximum absolute atomic E-state index is 12.7. The summed E-state index contributed by atoms with van der Waals surface area (Å²) >= 11 is 0. The van der Waals surface area contributed by atoms with Crippen LogP contribution >= 0.6 is 24.0 Å². The van der Waals surface area contributed by atoms with Gasteiger partial charge in [0.1, 0.15) is 6.54 Å². The summed E-state index contributed by atoms with van der Waals surface area (Å²) in [5.74, 6) is 1.52. The van der Waals surface area contributed by atoms with E-state index in [1.165, 1.54) is 0 Å². The number of halogens is 1. The van der Waals surface area contributed by atoms with Gasteiger partial charge >= 0.3 is 0 Å². The summed E-state index contributed by atoms with van der Waals surface area (Å²) in [4.78, 5) is 37.4. The summed E-state index contributed by atoms with van der Waals surface area (Å²) in [5.41, 5.74) is 0. The fourth-order valence-electron chi connectivity index (χ4n) is 4.21. The number of nitrogens with zero attached hydrogens (tertiary/aromatic N) is 5. The molecule has 9 nitrogen and oxygen atoms in total. The van der Waals surface area contributed by atoms with E-state index < -0.39 is 0 Å². The van der Waals surface area contributed by atoms with Gasteiger partial charge in [-0.15, -0.1) is 24.0 Å². The van der Waals surface area contributed by atoms with E-state index in [1.807, 2.05) is 11.8 Å². The number of carbonyl (C=O) groups is 2. The molecule has 178 valence electrons. The third-order valence-electron chi connectivity index (χ3n) is 6.37. The Kier molecular flexibility index (Phi) is 10.8. The predicted molar refractivity (Wildman–Crippen MR) is 132 cm³/mol. The molecule has 3 fully saturated rings. The SMILES string of the molecule is CC(C(=O)N1CCCC1)N1CCN(C(=NCC(=O)N(C)C)NCC2CCOC2)CC1.I. The second-order valence-corrected chi connectivity index (χ2v) is 8.77. The van der Waals surface area contributed by atoms with Gasteiger partial charge in [0, 0.05) is 72.4 Å². The average Bonchev–Trinajstić information content (AvgIpc) is 3.47. The fourth-order valence-corrected chi connectivity index (χ4v) is 4.21. The number of hydrogen-bond donors (Lipinski definition) is 1. The molecule has 0 spiro atoms. The minimum absolute atomic E-state index is 0. The zero-order chi connectivity index (χ0) is 21.5. The summed E-state index contributed by atoms with van der Waals surface area (Å²) in [6.45, 7) is 9.58. The number of carbonyl (C=O) groups excluding carboxylic acids is 2. The molecule has 3 aliphatic heterocycles. The first kappa shape index (κ1) is 26.1. The van der Waals surface area contributed by atoms with Crippen LogP contribution in [0.3, 0.4) is 0 Å². The lowest BCUT2D eigenvalue weighted by molar-refractivity contribution is -0.135. The summed E-state index contributed by atoms with van der Waals surface area (Å²) in [6.07, 6.45) is 3.30. The molecule has 0 aromatic carbocycles. The Labute approximate surface area is 203 Å². The van der Waals surface area contributed by atoms with Crippen LogP contribution in [0.2, 0.25) is 0 Å². The second kappa shape index (κ2) is 12.8. The van der Waals surface area contributed by atoms with Crippen molar-refractivity contribution in [2.75, 3.05) is 79.7 Å². The highest BCUT2D eigenvalue weighted by molar-refractivity contribution is 14.0. The van der Waals surface area contributed by atoms with Gasteiger partial charge in [0.05, 0.1) is 12.6 Å². The topological polar surface area (TPSA) is 80.7 Å². The molecule has 1 N–H and O–H groups in total. The van der Waals surface area contributed by atoms with Crippen molar-refractivity contribution < 1.29 is 14.3 Å². The molecule has 3 aliphatic rings. The van der Waals surface area contributed by atoms with Gasteiger partial charge in [0.25, 0.3) is 0 Å².